The Morgan fingerprint density at radius 3 is 2.52 bits per heavy atom. The summed E-state index contributed by atoms with van der Waals surface area (Å²) in [5.41, 5.74) is 2.67. The van der Waals surface area contributed by atoms with Gasteiger partial charge < -0.3 is 9.73 Å². The van der Waals surface area contributed by atoms with E-state index in [0.717, 1.165) is 50.6 Å². The first-order valence-electron chi connectivity index (χ1n) is 7.86. The van der Waals surface area contributed by atoms with Crippen molar-refractivity contribution < 1.29 is 4.42 Å². The van der Waals surface area contributed by atoms with Gasteiger partial charge in [0.05, 0.1) is 0 Å². The van der Waals surface area contributed by atoms with E-state index in [-0.39, 0.29) is 0 Å². The molecule has 0 radical (unpaired) electrons. The average molecular weight is 287 g/mol. The number of aryl methyl sites for hydroxylation is 4. The van der Waals surface area contributed by atoms with Crippen molar-refractivity contribution >= 4 is 0 Å². The zero-order valence-corrected chi connectivity index (χ0v) is 13.1. The van der Waals surface area contributed by atoms with Crippen LogP contribution in [-0.4, -0.2) is 23.3 Å². The van der Waals surface area contributed by atoms with Crippen molar-refractivity contribution in [3.05, 3.63) is 47.2 Å². The lowest BCUT2D eigenvalue weighted by Gasteiger charge is -2.02. The Balaban J connectivity index is 1.74. The van der Waals surface area contributed by atoms with Gasteiger partial charge in [0.2, 0.25) is 11.8 Å². The Bertz CT molecular complexity index is 536. The number of aromatic nitrogens is 2. The van der Waals surface area contributed by atoms with Crippen LogP contribution in [-0.2, 0) is 19.3 Å². The van der Waals surface area contributed by atoms with Crippen molar-refractivity contribution in [2.75, 3.05) is 13.1 Å². The first kappa shape index (κ1) is 15.7. The minimum absolute atomic E-state index is 0.745. The van der Waals surface area contributed by atoms with Gasteiger partial charge in [-0.2, -0.15) is 0 Å². The lowest BCUT2D eigenvalue weighted by Crippen LogP contribution is -2.16. The number of hydrogen-bond acceptors (Lipinski definition) is 4. The lowest BCUT2D eigenvalue weighted by molar-refractivity contribution is 0.441. The zero-order valence-electron chi connectivity index (χ0n) is 13.1. The molecule has 0 atom stereocenters. The van der Waals surface area contributed by atoms with Gasteiger partial charge in [-0.05, 0) is 50.4 Å². The van der Waals surface area contributed by atoms with Crippen molar-refractivity contribution in [2.24, 2.45) is 0 Å². The van der Waals surface area contributed by atoms with Crippen LogP contribution in [0.2, 0.25) is 0 Å². The van der Waals surface area contributed by atoms with Crippen LogP contribution >= 0.6 is 0 Å². The normalized spacial score (nSPS) is 11.0. The van der Waals surface area contributed by atoms with Crippen molar-refractivity contribution in [2.45, 2.75) is 46.0 Å². The highest BCUT2D eigenvalue weighted by atomic mass is 16.4. The fourth-order valence-corrected chi connectivity index (χ4v) is 2.29. The molecule has 1 N–H and O–H groups in total. The van der Waals surface area contributed by atoms with Gasteiger partial charge in [0.25, 0.3) is 0 Å². The summed E-state index contributed by atoms with van der Waals surface area (Å²) in [5.74, 6) is 1.50. The van der Waals surface area contributed by atoms with E-state index in [4.69, 9.17) is 4.42 Å². The molecule has 1 aromatic heterocycles. The molecule has 0 fully saturated rings. The quantitative estimate of drug-likeness (QED) is 0.720. The molecule has 0 bridgehead atoms. The maximum Gasteiger partial charge on any atom is 0.216 e. The second-order valence-corrected chi connectivity index (χ2v) is 5.37. The Morgan fingerprint density at radius 2 is 1.76 bits per heavy atom. The fourth-order valence-electron chi connectivity index (χ4n) is 2.29. The summed E-state index contributed by atoms with van der Waals surface area (Å²) in [7, 11) is 0. The Labute approximate surface area is 127 Å². The molecule has 21 heavy (non-hydrogen) atoms. The highest BCUT2D eigenvalue weighted by molar-refractivity contribution is 5.25. The molecule has 1 aromatic carbocycles. The molecule has 114 valence electrons. The van der Waals surface area contributed by atoms with Crippen molar-refractivity contribution in [3.8, 4) is 0 Å². The molecule has 0 saturated carbocycles. The summed E-state index contributed by atoms with van der Waals surface area (Å²) in [6.45, 7) is 6.39. The van der Waals surface area contributed by atoms with E-state index in [9.17, 15) is 0 Å². The molecule has 0 saturated heterocycles. The number of benzene rings is 1. The van der Waals surface area contributed by atoms with Crippen LogP contribution in [0.4, 0.5) is 0 Å². The van der Waals surface area contributed by atoms with Gasteiger partial charge in [0, 0.05) is 12.8 Å². The largest absolute Gasteiger partial charge is 0.425 e. The third-order valence-electron chi connectivity index (χ3n) is 3.55. The number of rotatable bonds is 9. The topological polar surface area (TPSA) is 51.0 Å². The molecule has 4 heteroatoms. The van der Waals surface area contributed by atoms with Crippen LogP contribution in [0.3, 0.4) is 0 Å². The number of nitrogens with one attached hydrogen (secondary N) is 1. The molecular weight excluding hydrogens is 262 g/mol. The maximum atomic E-state index is 5.70. The molecule has 2 aromatic rings. The minimum atomic E-state index is 0.745. The number of nitrogens with zero attached hydrogens (tertiary/aromatic N) is 2. The molecule has 0 unspecified atom stereocenters. The molecule has 1 heterocycles. The van der Waals surface area contributed by atoms with Crippen LogP contribution in [0, 0.1) is 6.92 Å². The standard InChI is InChI=1S/C17H25N3O/c1-3-12-18-13-6-9-16-19-20-17(21-16)11-10-15-8-5-4-7-14(15)2/h4-5,7-8,18H,3,6,9-13H2,1-2H3. The summed E-state index contributed by atoms with van der Waals surface area (Å²) in [5, 5.41) is 11.6. The first-order chi connectivity index (χ1) is 10.3. The smallest absolute Gasteiger partial charge is 0.216 e. The zero-order chi connectivity index (χ0) is 14.9. The average Bonchev–Trinajstić information content (AvgIpc) is 2.94. The number of hydrogen-bond donors (Lipinski definition) is 1. The van der Waals surface area contributed by atoms with E-state index < -0.39 is 0 Å². The van der Waals surface area contributed by atoms with Crippen LogP contribution in [0.25, 0.3) is 0 Å². The van der Waals surface area contributed by atoms with Gasteiger partial charge in [-0.15, -0.1) is 10.2 Å². The fraction of sp³-hybridized carbons (Fsp3) is 0.529. The van der Waals surface area contributed by atoms with E-state index >= 15 is 0 Å². The summed E-state index contributed by atoms with van der Waals surface area (Å²) < 4.78 is 5.70. The van der Waals surface area contributed by atoms with Crippen molar-refractivity contribution in [3.63, 3.8) is 0 Å². The molecule has 0 spiro atoms. The second kappa shape index (κ2) is 8.57. The highest BCUT2D eigenvalue weighted by Crippen LogP contribution is 2.11. The van der Waals surface area contributed by atoms with E-state index in [2.05, 4.69) is 53.6 Å². The third kappa shape index (κ3) is 5.31. The van der Waals surface area contributed by atoms with Gasteiger partial charge >= 0.3 is 0 Å². The maximum absolute atomic E-state index is 5.70. The van der Waals surface area contributed by atoms with E-state index in [0.29, 0.717) is 0 Å². The monoisotopic (exact) mass is 287 g/mol. The summed E-state index contributed by atoms with van der Waals surface area (Å²) >= 11 is 0. The molecule has 4 nitrogen and oxygen atoms in total. The minimum Gasteiger partial charge on any atom is -0.425 e. The second-order valence-electron chi connectivity index (χ2n) is 5.37. The van der Waals surface area contributed by atoms with Crippen LogP contribution in [0.15, 0.2) is 28.7 Å². The predicted octanol–water partition coefficient (Wildman–Crippen LogP) is 3.10. The highest BCUT2D eigenvalue weighted by Gasteiger charge is 2.07. The summed E-state index contributed by atoms with van der Waals surface area (Å²) in [6.07, 6.45) is 4.83. The Hall–Kier alpha value is -1.68. The molecule has 2 rings (SSSR count). The molecular formula is C17H25N3O. The van der Waals surface area contributed by atoms with Crippen molar-refractivity contribution in [1.82, 2.24) is 15.5 Å². The van der Waals surface area contributed by atoms with Gasteiger partial charge in [0.1, 0.15) is 0 Å². The molecule has 0 aliphatic heterocycles. The molecule has 0 amide bonds. The SMILES string of the molecule is CCCNCCCc1nnc(CCc2ccccc2C)o1. The molecule has 0 aliphatic carbocycles. The van der Waals surface area contributed by atoms with E-state index in [1.54, 1.807) is 0 Å². The van der Waals surface area contributed by atoms with Crippen LogP contribution in [0.1, 0.15) is 42.7 Å². The summed E-state index contributed by atoms with van der Waals surface area (Å²) in [4.78, 5) is 0. The Kier molecular flexibility index (Phi) is 6.41. The third-order valence-corrected chi connectivity index (χ3v) is 3.55. The lowest BCUT2D eigenvalue weighted by atomic mass is 10.0. The summed E-state index contributed by atoms with van der Waals surface area (Å²) in [6, 6.07) is 8.44. The van der Waals surface area contributed by atoms with Gasteiger partial charge in [0.15, 0.2) is 0 Å². The molecule has 0 aliphatic rings. The van der Waals surface area contributed by atoms with E-state index in [1.165, 1.54) is 17.5 Å². The van der Waals surface area contributed by atoms with Gasteiger partial charge in [-0.3, -0.25) is 0 Å². The van der Waals surface area contributed by atoms with Crippen LogP contribution < -0.4 is 5.32 Å². The Morgan fingerprint density at radius 1 is 1.00 bits per heavy atom. The van der Waals surface area contributed by atoms with Gasteiger partial charge in [-0.25, -0.2) is 0 Å². The predicted molar refractivity (Wildman–Crippen MR) is 84.4 cm³/mol. The van der Waals surface area contributed by atoms with Gasteiger partial charge in [-0.1, -0.05) is 31.2 Å². The van der Waals surface area contributed by atoms with Crippen LogP contribution in [0.5, 0.6) is 0 Å². The first-order valence-corrected chi connectivity index (χ1v) is 7.86. The van der Waals surface area contributed by atoms with E-state index in [1.807, 2.05) is 0 Å². The van der Waals surface area contributed by atoms with Crippen molar-refractivity contribution in [1.29, 1.82) is 0 Å².